The van der Waals surface area contributed by atoms with Gasteiger partial charge in [0.25, 0.3) is 0 Å². The van der Waals surface area contributed by atoms with Gasteiger partial charge in [-0.2, -0.15) is 0 Å². The number of allylic oxidation sites excluding steroid dienone is 2. The zero-order valence-electron chi connectivity index (χ0n) is 12.8. The maximum Gasteiger partial charge on any atom is 0.324 e. The number of rotatable bonds is 7. The van der Waals surface area contributed by atoms with Crippen LogP contribution in [0.1, 0.15) is 32.8 Å². The van der Waals surface area contributed by atoms with Gasteiger partial charge in [0.05, 0.1) is 6.61 Å². The standard InChI is InChI=1S/C17H22O4/c1-4-21-16(20)17(15(18)19,11-10-13(2)3)12-14-8-6-5-7-9-14/h5-10H,4,11-12H2,1-3H3,(H,18,19). The average Bonchev–Trinajstić information content (AvgIpc) is 2.44. The van der Waals surface area contributed by atoms with Crippen molar-refractivity contribution in [2.45, 2.75) is 33.6 Å². The smallest absolute Gasteiger partial charge is 0.324 e. The van der Waals surface area contributed by atoms with Gasteiger partial charge in [-0.1, -0.05) is 42.0 Å². The van der Waals surface area contributed by atoms with Crippen molar-refractivity contribution in [3.8, 4) is 0 Å². The molecule has 0 fully saturated rings. The maximum absolute atomic E-state index is 12.3. The van der Waals surface area contributed by atoms with Gasteiger partial charge in [-0.25, -0.2) is 0 Å². The highest BCUT2D eigenvalue weighted by Gasteiger charge is 2.46. The van der Waals surface area contributed by atoms with Crippen LogP contribution in [0.4, 0.5) is 0 Å². The van der Waals surface area contributed by atoms with E-state index in [-0.39, 0.29) is 19.4 Å². The molecule has 0 spiro atoms. The molecule has 0 aliphatic rings. The number of aliphatic carboxylic acids is 1. The third-order valence-electron chi connectivity index (χ3n) is 3.28. The first-order valence-electron chi connectivity index (χ1n) is 7.00. The fourth-order valence-electron chi connectivity index (χ4n) is 2.07. The van der Waals surface area contributed by atoms with E-state index in [0.29, 0.717) is 0 Å². The molecule has 114 valence electrons. The summed E-state index contributed by atoms with van der Waals surface area (Å²) in [5.74, 6) is -1.83. The predicted molar refractivity (Wildman–Crippen MR) is 80.9 cm³/mol. The lowest BCUT2D eigenvalue weighted by Gasteiger charge is -2.26. The number of benzene rings is 1. The number of carboxylic acids is 1. The van der Waals surface area contributed by atoms with Crippen LogP contribution in [-0.4, -0.2) is 23.7 Å². The molecule has 0 aliphatic carbocycles. The van der Waals surface area contributed by atoms with E-state index >= 15 is 0 Å². The summed E-state index contributed by atoms with van der Waals surface area (Å²) in [6.45, 7) is 5.59. The van der Waals surface area contributed by atoms with Crippen LogP contribution in [0.5, 0.6) is 0 Å². The number of carbonyl (C=O) groups excluding carboxylic acids is 1. The second-order valence-corrected chi connectivity index (χ2v) is 5.26. The first-order valence-corrected chi connectivity index (χ1v) is 7.00. The SMILES string of the molecule is CCOC(=O)C(CC=C(C)C)(Cc1ccccc1)C(=O)O. The van der Waals surface area contributed by atoms with E-state index in [0.717, 1.165) is 11.1 Å². The van der Waals surface area contributed by atoms with Crippen molar-refractivity contribution < 1.29 is 19.4 Å². The van der Waals surface area contributed by atoms with Crippen LogP contribution in [0.2, 0.25) is 0 Å². The molecule has 21 heavy (non-hydrogen) atoms. The molecule has 1 rings (SSSR count). The topological polar surface area (TPSA) is 63.6 Å². The summed E-state index contributed by atoms with van der Waals surface area (Å²) in [5, 5.41) is 9.66. The van der Waals surface area contributed by atoms with Crippen molar-refractivity contribution in [3.63, 3.8) is 0 Å². The summed E-state index contributed by atoms with van der Waals surface area (Å²) in [7, 11) is 0. The lowest BCUT2D eigenvalue weighted by Crippen LogP contribution is -2.42. The van der Waals surface area contributed by atoms with Crippen LogP contribution in [0.25, 0.3) is 0 Å². The van der Waals surface area contributed by atoms with Crippen molar-refractivity contribution in [2.75, 3.05) is 6.61 Å². The molecular weight excluding hydrogens is 268 g/mol. The van der Waals surface area contributed by atoms with E-state index in [1.165, 1.54) is 0 Å². The van der Waals surface area contributed by atoms with Crippen LogP contribution in [0.3, 0.4) is 0 Å². The monoisotopic (exact) mass is 290 g/mol. The van der Waals surface area contributed by atoms with Crippen LogP contribution >= 0.6 is 0 Å². The molecule has 1 aromatic rings. The molecule has 0 radical (unpaired) electrons. The second kappa shape index (κ2) is 7.62. The van der Waals surface area contributed by atoms with E-state index in [4.69, 9.17) is 4.74 Å². The second-order valence-electron chi connectivity index (χ2n) is 5.26. The highest BCUT2D eigenvalue weighted by Crippen LogP contribution is 2.31. The lowest BCUT2D eigenvalue weighted by molar-refractivity contribution is -0.168. The van der Waals surface area contributed by atoms with Gasteiger partial charge in [-0.15, -0.1) is 0 Å². The minimum atomic E-state index is -1.57. The number of hydrogen-bond acceptors (Lipinski definition) is 3. The molecule has 4 heteroatoms. The Kier molecular flexibility index (Phi) is 6.15. The van der Waals surface area contributed by atoms with E-state index in [9.17, 15) is 14.7 Å². The molecule has 0 aliphatic heterocycles. The molecule has 0 saturated heterocycles. The van der Waals surface area contributed by atoms with Gasteiger partial charge in [-0.3, -0.25) is 9.59 Å². The number of ether oxygens (including phenoxy) is 1. The molecule has 0 bridgehead atoms. The highest BCUT2D eigenvalue weighted by atomic mass is 16.5. The summed E-state index contributed by atoms with van der Waals surface area (Å²) < 4.78 is 5.02. The molecule has 0 aromatic heterocycles. The molecule has 1 aromatic carbocycles. The van der Waals surface area contributed by atoms with Crippen LogP contribution in [0, 0.1) is 5.41 Å². The minimum Gasteiger partial charge on any atom is -0.480 e. The number of carbonyl (C=O) groups is 2. The molecule has 0 saturated carbocycles. The molecule has 0 heterocycles. The zero-order chi connectivity index (χ0) is 15.9. The molecule has 0 amide bonds. The average molecular weight is 290 g/mol. The van der Waals surface area contributed by atoms with Gasteiger partial charge in [-0.05, 0) is 39.2 Å². The van der Waals surface area contributed by atoms with E-state index in [1.54, 1.807) is 13.0 Å². The van der Waals surface area contributed by atoms with Gasteiger partial charge < -0.3 is 9.84 Å². The highest BCUT2D eigenvalue weighted by molar-refractivity contribution is 5.99. The van der Waals surface area contributed by atoms with E-state index < -0.39 is 17.4 Å². The number of hydrogen-bond donors (Lipinski definition) is 1. The molecule has 1 unspecified atom stereocenters. The Labute approximate surface area is 125 Å². The summed E-state index contributed by atoms with van der Waals surface area (Å²) in [6.07, 6.45) is 2.01. The van der Waals surface area contributed by atoms with Crippen LogP contribution < -0.4 is 0 Å². The predicted octanol–water partition coefficient (Wildman–Crippen LogP) is 3.22. The van der Waals surface area contributed by atoms with E-state index in [1.807, 2.05) is 44.2 Å². The lowest BCUT2D eigenvalue weighted by atomic mass is 9.78. The fraction of sp³-hybridized carbons (Fsp3) is 0.412. The Hall–Kier alpha value is -2.10. The Bertz CT molecular complexity index is 515. The molecule has 1 atom stereocenters. The Morgan fingerprint density at radius 1 is 1.24 bits per heavy atom. The maximum atomic E-state index is 12.3. The third kappa shape index (κ3) is 4.45. The largest absolute Gasteiger partial charge is 0.480 e. The van der Waals surface area contributed by atoms with Crippen LogP contribution in [-0.2, 0) is 20.7 Å². The minimum absolute atomic E-state index is 0.117. The number of esters is 1. The molecular formula is C17H22O4. The van der Waals surface area contributed by atoms with E-state index in [2.05, 4.69) is 0 Å². The summed E-state index contributed by atoms with van der Waals surface area (Å²) >= 11 is 0. The molecule has 4 nitrogen and oxygen atoms in total. The van der Waals surface area contributed by atoms with Crippen molar-refractivity contribution >= 4 is 11.9 Å². The van der Waals surface area contributed by atoms with Gasteiger partial charge in [0.15, 0.2) is 5.41 Å². The van der Waals surface area contributed by atoms with Crippen LogP contribution in [0.15, 0.2) is 42.0 Å². The van der Waals surface area contributed by atoms with Gasteiger partial charge >= 0.3 is 11.9 Å². The normalized spacial score (nSPS) is 13.1. The van der Waals surface area contributed by atoms with Gasteiger partial charge in [0, 0.05) is 0 Å². The van der Waals surface area contributed by atoms with Crippen molar-refractivity contribution in [1.29, 1.82) is 0 Å². The molecule has 1 N–H and O–H groups in total. The van der Waals surface area contributed by atoms with Crippen molar-refractivity contribution in [1.82, 2.24) is 0 Å². The Morgan fingerprint density at radius 3 is 2.33 bits per heavy atom. The van der Waals surface area contributed by atoms with Gasteiger partial charge in [0.2, 0.25) is 0 Å². The third-order valence-corrected chi connectivity index (χ3v) is 3.28. The Balaban J connectivity index is 3.19. The van der Waals surface area contributed by atoms with Gasteiger partial charge in [0.1, 0.15) is 0 Å². The van der Waals surface area contributed by atoms with Crippen molar-refractivity contribution in [3.05, 3.63) is 47.5 Å². The fourth-order valence-corrected chi connectivity index (χ4v) is 2.07. The number of carboxylic acid groups (broad SMARTS) is 1. The van der Waals surface area contributed by atoms with Crippen molar-refractivity contribution in [2.24, 2.45) is 5.41 Å². The Morgan fingerprint density at radius 2 is 1.86 bits per heavy atom. The summed E-state index contributed by atoms with van der Waals surface area (Å²) in [6, 6.07) is 9.15. The first kappa shape index (κ1) is 17.0. The quantitative estimate of drug-likeness (QED) is 0.476. The zero-order valence-corrected chi connectivity index (χ0v) is 12.8. The summed E-state index contributed by atoms with van der Waals surface area (Å²) in [4.78, 5) is 24.1. The summed E-state index contributed by atoms with van der Waals surface area (Å²) in [5.41, 5.74) is 0.197. The first-order chi connectivity index (χ1) is 9.92.